The molecule has 27 nitrogen and oxygen atoms in total. The van der Waals surface area contributed by atoms with Crippen LogP contribution in [-0.2, 0) is 66.3 Å². The lowest BCUT2D eigenvalue weighted by Crippen LogP contribution is -2.37. The molecule has 0 fully saturated rings. The van der Waals surface area contributed by atoms with Crippen molar-refractivity contribution in [1.29, 1.82) is 0 Å². The maximum absolute atomic E-state index is 12.3. The third kappa shape index (κ3) is 33.9. The number of ether oxygens (including phenoxy) is 14. The number of methoxy groups -OCH3 is 1. The number of benzene rings is 5. The van der Waals surface area contributed by atoms with E-state index in [-0.39, 0.29) is 155 Å². The van der Waals surface area contributed by atoms with Crippen LogP contribution in [0.2, 0.25) is 0 Å². The molecule has 5 aromatic rings. The van der Waals surface area contributed by atoms with E-state index >= 15 is 0 Å². The Hall–Kier alpha value is -7.55. The highest BCUT2D eigenvalue weighted by atomic mass is 16.7. The molecule has 0 saturated heterocycles. The quantitative estimate of drug-likeness (QED) is 0.0115. The number of aliphatic hydroxyl groups is 6. The van der Waals surface area contributed by atoms with Gasteiger partial charge in [0, 0.05) is 17.9 Å². The Morgan fingerprint density at radius 1 is 0.302 bits per heavy atom. The lowest BCUT2D eigenvalue weighted by molar-refractivity contribution is -0.133. The van der Waals surface area contributed by atoms with Crippen LogP contribution in [0.3, 0.4) is 0 Å². The molecule has 7 unspecified atom stereocenters. The second-order valence-corrected chi connectivity index (χ2v) is 23.4. The number of aliphatic hydroxyl groups excluding tert-OH is 6. The van der Waals surface area contributed by atoms with Gasteiger partial charge in [-0.2, -0.15) is 0 Å². The fraction of sp³-hybridized carbons (Fsp3) is 0.493. The Balaban J connectivity index is 0.000000414. The molecular weight excluding hydrogens is 1260 g/mol. The molecule has 0 aliphatic rings. The second-order valence-electron chi connectivity index (χ2n) is 23.4. The summed E-state index contributed by atoms with van der Waals surface area (Å²) in [5.41, 5.74) is 2.97. The zero-order valence-corrected chi connectivity index (χ0v) is 55.0. The number of rotatable bonds is 45. The highest BCUT2D eigenvalue weighted by Gasteiger charge is 2.29. The zero-order chi connectivity index (χ0) is 70.3. The van der Waals surface area contributed by atoms with Crippen LogP contribution in [-0.4, -0.2) is 247 Å². The molecule has 0 bridgehead atoms. The first-order valence-electron chi connectivity index (χ1n) is 30.7. The number of carbonyl (C=O) groups is 5. The van der Waals surface area contributed by atoms with Gasteiger partial charge in [0.1, 0.15) is 94.7 Å². The molecule has 8 N–H and O–H groups in total. The molecule has 7 atom stereocenters. The summed E-state index contributed by atoms with van der Waals surface area (Å²) in [4.78, 5) is 60.8. The third-order valence-corrected chi connectivity index (χ3v) is 13.4. The van der Waals surface area contributed by atoms with Crippen molar-refractivity contribution in [2.75, 3.05) is 140 Å². The van der Waals surface area contributed by atoms with Gasteiger partial charge in [0.2, 0.25) is 0 Å². The van der Waals surface area contributed by atoms with E-state index in [9.17, 15) is 64.8 Å². The summed E-state index contributed by atoms with van der Waals surface area (Å²) in [6.07, 6.45) is -6.33. The molecule has 96 heavy (non-hydrogen) atoms. The van der Waals surface area contributed by atoms with Gasteiger partial charge in [-0.1, -0.05) is 66.9 Å². The largest absolute Gasteiger partial charge is 0.508 e. The molecule has 0 aliphatic heterocycles. The first-order valence-corrected chi connectivity index (χ1v) is 30.7. The van der Waals surface area contributed by atoms with Crippen LogP contribution in [0.25, 0.3) is 0 Å². The summed E-state index contributed by atoms with van der Waals surface area (Å²) in [5.74, 6) is -3.00. The minimum atomic E-state index is -1.13. The van der Waals surface area contributed by atoms with Crippen LogP contribution in [0.5, 0.6) is 11.5 Å². The minimum absolute atomic E-state index is 0.00289. The van der Waals surface area contributed by atoms with Crippen molar-refractivity contribution in [2.45, 2.75) is 71.2 Å². The van der Waals surface area contributed by atoms with E-state index in [0.29, 0.717) is 16.7 Å². The number of hydrogen-bond acceptors (Lipinski definition) is 27. The number of aromatic hydroxyl groups is 2. The van der Waals surface area contributed by atoms with Crippen LogP contribution in [0.1, 0.15) is 82.3 Å². The van der Waals surface area contributed by atoms with Crippen molar-refractivity contribution in [3.63, 3.8) is 0 Å². The number of hydrogen-bond donors (Lipinski definition) is 8. The smallest absolute Gasteiger partial charge is 0.338 e. The molecule has 530 valence electrons. The fourth-order valence-corrected chi connectivity index (χ4v) is 8.10. The summed E-state index contributed by atoms with van der Waals surface area (Å²) in [6.45, 7) is 7.09. The van der Waals surface area contributed by atoms with Crippen LogP contribution in [0, 0.1) is 31.6 Å². The summed E-state index contributed by atoms with van der Waals surface area (Å²) in [7, 11) is 1.47. The maximum Gasteiger partial charge on any atom is 0.338 e. The molecule has 0 saturated carbocycles. The van der Waals surface area contributed by atoms with Crippen LogP contribution in [0.15, 0.2) is 121 Å². The number of esters is 5. The topological polar surface area (TPSA) is 376 Å². The lowest BCUT2D eigenvalue weighted by atomic mass is 9.94. The van der Waals surface area contributed by atoms with Crippen molar-refractivity contribution < 1.29 is 131 Å². The van der Waals surface area contributed by atoms with Crippen molar-refractivity contribution in [1.82, 2.24) is 0 Å². The Morgan fingerprint density at radius 2 is 0.500 bits per heavy atom. The molecule has 0 aromatic heterocycles. The molecule has 5 rings (SSSR count). The van der Waals surface area contributed by atoms with E-state index in [2.05, 4.69) is 0 Å². The van der Waals surface area contributed by atoms with Crippen LogP contribution < -0.4 is 0 Å². The van der Waals surface area contributed by atoms with Crippen LogP contribution in [0.4, 0.5) is 0 Å². The van der Waals surface area contributed by atoms with Gasteiger partial charge in [0.25, 0.3) is 0 Å². The van der Waals surface area contributed by atoms with Gasteiger partial charge >= 0.3 is 29.8 Å². The second kappa shape index (κ2) is 44.3. The SMILES string of the molecule is COCC(O)COCC(C)(COCOCC(O)COC(=O)c1ccc(O)cc1)COCC(O)COC(=O)c1ccc(C)cc1.Cc1ccc(C(=O)OCC(O)COCC(C)(COCOCC(O)COC(=O)c2ccc(O)cc2)COCC(O)COC(=O)c2ccc(C)cc2)cc1. The summed E-state index contributed by atoms with van der Waals surface area (Å²) in [6, 6.07) is 31.5. The highest BCUT2D eigenvalue weighted by Crippen LogP contribution is 2.22. The summed E-state index contributed by atoms with van der Waals surface area (Å²) in [5, 5.41) is 79.7. The Kier molecular flexibility index (Phi) is 37.3. The van der Waals surface area contributed by atoms with Gasteiger partial charge < -0.3 is 107 Å². The van der Waals surface area contributed by atoms with E-state index in [1.165, 1.54) is 55.6 Å². The van der Waals surface area contributed by atoms with E-state index in [0.717, 1.165) is 16.7 Å². The third-order valence-electron chi connectivity index (χ3n) is 13.4. The van der Waals surface area contributed by atoms with E-state index in [1.807, 2.05) is 27.7 Å². The maximum atomic E-state index is 12.3. The van der Waals surface area contributed by atoms with Gasteiger partial charge in [-0.15, -0.1) is 0 Å². The van der Waals surface area contributed by atoms with Crippen LogP contribution >= 0.6 is 0 Å². The predicted molar refractivity (Wildman–Crippen MR) is 342 cm³/mol. The molecule has 0 radical (unpaired) electrons. The van der Waals surface area contributed by atoms with Gasteiger partial charge in [-0.3, -0.25) is 0 Å². The molecule has 0 spiro atoms. The van der Waals surface area contributed by atoms with E-state index < -0.39 is 77.3 Å². The number of phenols is 2. The predicted octanol–water partition coefficient (Wildman–Crippen LogP) is 4.47. The number of aryl methyl sites for hydroxylation is 3. The Bertz CT molecular complexity index is 2930. The van der Waals surface area contributed by atoms with Gasteiger partial charge in [0.05, 0.1) is 114 Å². The minimum Gasteiger partial charge on any atom is -0.508 e. The normalized spacial score (nSPS) is 14.4. The average Bonchev–Trinajstić information content (AvgIpc) is 2.47. The first-order chi connectivity index (χ1) is 45.8. The summed E-state index contributed by atoms with van der Waals surface area (Å²) < 4.78 is 75.3. The van der Waals surface area contributed by atoms with E-state index in [4.69, 9.17) is 66.3 Å². The highest BCUT2D eigenvalue weighted by molar-refractivity contribution is 5.91. The standard InChI is InChI=1S/C38H48O14.C31H44O13/c1-26-4-8-28(9-5-26)35(43)50-19-32(40)16-46-22-38(3,23-47-17-33(41)20-51-36(44)29-10-6-27(2)7-11-29)24-49-25-48-18-34(42)21-52-37(45)30-12-14-31(39)15-13-30;1-22-4-6-23(7-5-22)29(36)43-16-27(34)14-40-19-31(2,18-39-13-26(33)12-38-3)20-42-21-41-15-28(35)17-44-30(37)24-8-10-25(32)11-9-24/h4-15,32-34,39-42H,16-25H2,1-3H3;4-11,26-28,32-35H,12-21H2,1-3H3. The molecule has 27 heteroatoms. The van der Waals surface area contributed by atoms with Gasteiger partial charge in [0.15, 0.2) is 0 Å². The Morgan fingerprint density at radius 3 is 0.729 bits per heavy atom. The Labute approximate surface area is 558 Å². The first kappa shape index (κ1) is 80.9. The van der Waals surface area contributed by atoms with Gasteiger partial charge in [-0.25, -0.2) is 24.0 Å². The van der Waals surface area contributed by atoms with Crippen molar-refractivity contribution in [3.8, 4) is 11.5 Å². The lowest BCUT2D eigenvalue weighted by Gasteiger charge is -2.30. The van der Waals surface area contributed by atoms with Gasteiger partial charge in [-0.05, 0) is 106 Å². The average molecular weight is 1350 g/mol. The number of carbonyl (C=O) groups excluding carboxylic acids is 5. The van der Waals surface area contributed by atoms with Crippen molar-refractivity contribution in [3.05, 3.63) is 166 Å². The van der Waals surface area contributed by atoms with Crippen molar-refractivity contribution >= 4 is 29.8 Å². The number of phenolic OH excluding ortho intramolecular Hbond substituents is 2. The fourth-order valence-electron chi connectivity index (χ4n) is 8.10. The zero-order valence-electron chi connectivity index (χ0n) is 55.0. The molecule has 0 heterocycles. The molecule has 0 amide bonds. The van der Waals surface area contributed by atoms with Crippen molar-refractivity contribution in [2.24, 2.45) is 10.8 Å². The molecule has 0 aliphatic carbocycles. The molecule has 5 aromatic carbocycles. The monoisotopic (exact) mass is 1350 g/mol. The molecular formula is C69H92O27. The summed E-state index contributed by atoms with van der Waals surface area (Å²) >= 11 is 0. The van der Waals surface area contributed by atoms with E-state index in [1.54, 1.807) is 79.7 Å².